The second kappa shape index (κ2) is 8.64. The number of nitrogens with one attached hydrogen (secondary N) is 1. The molecule has 1 aromatic rings. The van der Waals surface area contributed by atoms with Gasteiger partial charge in [-0.05, 0) is 18.4 Å². The molecule has 1 aromatic carbocycles. The van der Waals surface area contributed by atoms with Crippen LogP contribution < -0.4 is 11.1 Å². The molecular formula is C16H25N3O2. The molecule has 1 aliphatic rings. The van der Waals surface area contributed by atoms with Crippen molar-refractivity contribution >= 4 is 5.84 Å². The Balaban J connectivity index is 1.74. The quantitative estimate of drug-likeness (QED) is 0.225. The van der Waals surface area contributed by atoms with Crippen LogP contribution in [-0.2, 0) is 4.74 Å². The number of hydrogen-bond donors (Lipinski definition) is 3. The largest absolute Gasteiger partial charge is 0.409 e. The van der Waals surface area contributed by atoms with Crippen molar-refractivity contribution in [3.63, 3.8) is 0 Å². The zero-order chi connectivity index (χ0) is 14.9. The first-order valence-electron chi connectivity index (χ1n) is 7.66. The van der Waals surface area contributed by atoms with E-state index < -0.39 is 0 Å². The SMILES string of the molecule is NC(=NO)C(CNCCOC1CCCC1)c1ccccc1. The Labute approximate surface area is 126 Å². The molecule has 1 saturated carbocycles. The molecule has 5 nitrogen and oxygen atoms in total. The van der Waals surface area contributed by atoms with Crippen LogP contribution in [0.5, 0.6) is 0 Å². The highest BCUT2D eigenvalue weighted by Gasteiger charge is 2.17. The average Bonchev–Trinajstić information content (AvgIpc) is 3.04. The van der Waals surface area contributed by atoms with Gasteiger partial charge in [0.15, 0.2) is 0 Å². The maximum absolute atomic E-state index is 8.92. The van der Waals surface area contributed by atoms with E-state index in [0.29, 0.717) is 19.3 Å². The monoisotopic (exact) mass is 291 g/mol. The standard InChI is InChI=1S/C16H25N3O2/c17-16(19-20)15(13-6-2-1-3-7-13)12-18-10-11-21-14-8-4-5-9-14/h1-3,6-7,14-15,18,20H,4-5,8-12H2,(H2,17,19). The van der Waals surface area contributed by atoms with Crippen LogP contribution in [-0.4, -0.2) is 36.8 Å². The predicted molar refractivity (Wildman–Crippen MR) is 83.7 cm³/mol. The van der Waals surface area contributed by atoms with Crippen LogP contribution in [0.2, 0.25) is 0 Å². The summed E-state index contributed by atoms with van der Waals surface area (Å²) in [5, 5.41) is 15.4. The van der Waals surface area contributed by atoms with Gasteiger partial charge in [0.05, 0.1) is 18.6 Å². The Kier molecular flexibility index (Phi) is 6.50. The number of amidine groups is 1. The summed E-state index contributed by atoms with van der Waals surface area (Å²) in [7, 11) is 0. The van der Waals surface area contributed by atoms with Crippen LogP contribution in [0.1, 0.15) is 37.2 Å². The second-order valence-electron chi connectivity index (χ2n) is 5.47. The zero-order valence-electron chi connectivity index (χ0n) is 12.4. The van der Waals surface area contributed by atoms with E-state index in [1.807, 2.05) is 30.3 Å². The first-order valence-corrected chi connectivity index (χ1v) is 7.66. The molecule has 0 aromatic heterocycles. The molecule has 0 saturated heterocycles. The van der Waals surface area contributed by atoms with E-state index in [2.05, 4.69) is 10.5 Å². The van der Waals surface area contributed by atoms with Crippen molar-refractivity contribution < 1.29 is 9.94 Å². The minimum atomic E-state index is -0.123. The lowest BCUT2D eigenvalue weighted by molar-refractivity contribution is 0.0604. The van der Waals surface area contributed by atoms with Gasteiger partial charge in [-0.2, -0.15) is 0 Å². The Hall–Kier alpha value is -1.59. The number of oxime groups is 1. The highest BCUT2D eigenvalue weighted by atomic mass is 16.5. The van der Waals surface area contributed by atoms with Gasteiger partial charge < -0.3 is 21.0 Å². The van der Waals surface area contributed by atoms with Crippen molar-refractivity contribution in [2.45, 2.75) is 37.7 Å². The second-order valence-corrected chi connectivity index (χ2v) is 5.47. The van der Waals surface area contributed by atoms with Gasteiger partial charge in [0.25, 0.3) is 0 Å². The Morgan fingerprint density at radius 2 is 2.05 bits per heavy atom. The molecular weight excluding hydrogens is 266 g/mol. The van der Waals surface area contributed by atoms with E-state index in [9.17, 15) is 0 Å². The minimum Gasteiger partial charge on any atom is -0.409 e. The van der Waals surface area contributed by atoms with Crippen molar-refractivity contribution in [2.24, 2.45) is 10.9 Å². The van der Waals surface area contributed by atoms with Gasteiger partial charge in [0.1, 0.15) is 5.84 Å². The lowest BCUT2D eigenvalue weighted by atomic mass is 9.98. The molecule has 116 valence electrons. The van der Waals surface area contributed by atoms with E-state index in [-0.39, 0.29) is 11.8 Å². The molecule has 0 radical (unpaired) electrons. The molecule has 0 spiro atoms. The summed E-state index contributed by atoms with van der Waals surface area (Å²) in [6.07, 6.45) is 5.41. The maximum Gasteiger partial charge on any atom is 0.147 e. The van der Waals surface area contributed by atoms with Gasteiger partial charge >= 0.3 is 0 Å². The van der Waals surface area contributed by atoms with Crippen LogP contribution in [0, 0.1) is 0 Å². The Morgan fingerprint density at radius 3 is 2.71 bits per heavy atom. The Morgan fingerprint density at radius 1 is 1.33 bits per heavy atom. The van der Waals surface area contributed by atoms with E-state index in [0.717, 1.165) is 12.1 Å². The van der Waals surface area contributed by atoms with Crippen LogP contribution in [0.3, 0.4) is 0 Å². The summed E-state index contributed by atoms with van der Waals surface area (Å²) in [4.78, 5) is 0. The summed E-state index contributed by atoms with van der Waals surface area (Å²) in [6, 6.07) is 9.83. The smallest absolute Gasteiger partial charge is 0.147 e. The lowest BCUT2D eigenvalue weighted by Gasteiger charge is -2.17. The highest BCUT2D eigenvalue weighted by molar-refractivity contribution is 5.87. The minimum absolute atomic E-state index is 0.123. The van der Waals surface area contributed by atoms with Crippen LogP contribution in [0.4, 0.5) is 0 Å². The van der Waals surface area contributed by atoms with E-state index in [4.69, 9.17) is 15.7 Å². The fraction of sp³-hybridized carbons (Fsp3) is 0.562. The van der Waals surface area contributed by atoms with Gasteiger partial charge in [-0.3, -0.25) is 0 Å². The summed E-state index contributed by atoms with van der Waals surface area (Å²) < 4.78 is 5.80. The fourth-order valence-electron chi connectivity index (χ4n) is 2.75. The topological polar surface area (TPSA) is 79.9 Å². The summed E-state index contributed by atoms with van der Waals surface area (Å²) >= 11 is 0. The van der Waals surface area contributed by atoms with Gasteiger partial charge in [0.2, 0.25) is 0 Å². The molecule has 1 aliphatic carbocycles. The number of ether oxygens (including phenoxy) is 1. The average molecular weight is 291 g/mol. The summed E-state index contributed by atoms with van der Waals surface area (Å²) in [5.41, 5.74) is 6.83. The molecule has 0 bridgehead atoms. The van der Waals surface area contributed by atoms with Crippen molar-refractivity contribution in [1.29, 1.82) is 0 Å². The van der Waals surface area contributed by atoms with Crippen molar-refractivity contribution in [2.75, 3.05) is 19.7 Å². The zero-order valence-corrected chi connectivity index (χ0v) is 12.4. The van der Waals surface area contributed by atoms with Crippen LogP contribution in [0.15, 0.2) is 35.5 Å². The normalized spacial score (nSPS) is 18.0. The third-order valence-corrected chi connectivity index (χ3v) is 3.96. The molecule has 0 heterocycles. The summed E-state index contributed by atoms with van der Waals surface area (Å²) in [5.74, 6) is 0.105. The van der Waals surface area contributed by atoms with E-state index >= 15 is 0 Å². The van der Waals surface area contributed by atoms with Gasteiger partial charge in [-0.15, -0.1) is 0 Å². The number of rotatable bonds is 8. The number of benzene rings is 1. The predicted octanol–water partition coefficient (Wildman–Crippen LogP) is 2.07. The van der Waals surface area contributed by atoms with Crippen molar-refractivity contribution in [3.05, 3.63) is 35.9 Å². The third kappa shape index (κ3) is 5.02. The first kappa shape index (κ1) is 15.8. The van der Waals surface area contributed by atoms with Crippen LogP contribution in [0.25, 0.3) is 0 Å². The highest BCUT2D eigenvalue weighted by Crippen LogP contribution is 2.20. The molecule has 21 heavy (non-hydrogen) atoms. The van der Waals surface area contributed by atoms with Gasteiger partial charge in [0, 0.05) is 13.1 Å². The molecule has 0 aliphatic heterocycles. The van der Waals surface area contributed by atoms with Gasteiger partial charge in [-0.1, -0.05) is 48.3 Å². The number of nitrogens with two attached hydrogens (primary N) is 1. The van der Waals surface area contributed by atoms with Gasteiger partial charge in [-0.25, -0.2) is 0 Å². The fourth-order valence-corrected chi connectivity index (χ4v) is 2.75. The molecule has 0 amide bonds. The van der Waals surface area contributed by atoms with Crippen molar-refractivity contribution in [1.82, 2.24) is 5.32 Å². The maximum atomic E-state index is 8.92. The molecule has 2 rings (SSSR count). The van der Waals surface area contributed by atoms with E-state index in [1.54, 1.807) is 0 Å². The number of hydrogen-bond acceptors (Lipinski definition) is 4. The lowest BCUT2D eigenvalue weighted by Crippen LogP contribution is -2.33. The van der Waals surface area contributed by atoms with Crippen molar-refractivity contribution in [3.8, 4) is 0 Å². The summed E-state index contributed by atoms with van der Waals surface area (Å²) in [6.45, 7) is 2.12. The Bertz CT molecular complexity index is 430. The molecule has 5 heteroatoms. The molecule has 1 atom stereocenters. The molecule has 1 unspecified atom stereocenters. The third-order valence-electron chi connectivity index (χ3n) is 3.96. The molecule has 1 fully saturated rings. The molecule has 4 N–H and O–H groups in total. The van der Waals surface area contributed by atoms with E-state index in [1.165, 1.54) is 25.7 Å². The first-order chi connectivity index (χ1) is 10.3. The van der Waals surface area contributed by atoms with Crippen LogP contribution >= 0.6 is 0 Å². The number of nitrogens with zero attached hydrogens (tertiary/aromatic N) is 1.